The van der Waals surface area contributed by atoms with Gasteiger partial charge in [-0.15, -0.1) is 0 Å². The van der Waals surface area contributed by atoms with Crippen LogP contribution in [0.3, 0.4) is 0 Å². The molecule has 2 aromatic carbocycles. The van der Waals surface area contributed by atoms with Crippen LogP contribution in [0.4, 0.5) is 0 Å². The van der Waals surface area contributed by atoms with Crippen LogP contribution in [0.15, 0.2) is 59.5 Å². The average molecular weight is 373 g/mol. The number of ether oxygens (including phenoxy) is 1. The Hall–Kier alpha value is -2.34. The van der Waals surface area contributed by atoms with E-state index in [-0.39, 0.29) is 10.8 Å². The highest BCUT2D eigenvalue weighted by molar-refractivity contribution is 7.90. The van der Waals surface area contributed by atoms with Crippen molar-refractivity contribution in [2.24, 2.45) is 5.92 Å². The van der Waals surface area contributed by atoms with E-state index in [1.807, 2.05) is 35.2 Å². The molecule has 2 aromatic rings. The highest BCUT2D eigenvalue weighted by Crippen LogP contribution is 2.21. The van der Waals surface area contributed by atoms with Crippen LogP contribution in [-0.4, -0.2) is 45.2 Å². The molecule has 1 fully saturated rings. The van der Waals surface area contributed by atoms with Crippen LogP contribution in [0.1, 0.15) is 23.2 Å². The number of carbonyl (C=O) groups excluding carboxylic acids is 1. The number of amides is 1. The predicted octanol–water partition coefficient (Wildman–Crippen LogP) is 3.02. The molecule has 6 heteroatoms. The van der Waals surface area contributed by atoms with Crippen molar-refractivity contribution in [3.63, 3.8) is 0 Å². The molecule has 1 aliphatic heterocycles. The molecule has 0 N–H and O–H groups in total. The summed E-state index contributed by atoms with van der Waals surface area (Å²) in [5.41, 5.74) is 0.524. The van der Waals surface area contributed by atoms with Crippen molar-refractivity contribution in [2.45, 2.75) is 17.7 Å². The van der Waals surface area contributed by atoms with Crippen LogP contribution >= 0.6 is 0 Å². The molecular weight excluding hydrogens is 350 g/mol. The van der Waals surface area contributed by atoms with E-state index < -0.39 is 9.84 Å². The minimum atomic E-state index is -3.25. The van der Waals surface area contributed by atoms with Gasteiger partial charge in [-0.25, -0.2) is 8.42 Å². The van der Waals surface area contributed by atoms with Gasteiger partial charge in [0.2, 0.25) is 0 Å². The minimum Gasteiger partial charge on any atom is -0.493 e. The largest absolute Gasteiger partial charge is 0.493 e. The van der Waals surface area contributed by atoms with Crippen molar-refractivity contribution >= 4 is 15.7 Å². The molecule has 0 spiro atoms. The smallest absolute Gasteiger partial charge is 0.253 e. The lowest BCUT2D eigenvalue weighted by molar-refractivity contribution is 0.0661. The van der Waals surface area contributed by atoms with E-state index in [0.717, 1.165) is 24.8 Å². The van der Waals surface area contributed by atoms with E-state index in [1.165, 1.54) is 12.1 Å². The molecule has 26 heavy (non-hydrogen) atoms. The van der Waals surface area contributed by atoms with Crippen LogP contribution in [0, 0.1) is 5.92 Å². The number of likely N-dealkylation sites (tertiary alicyclic amines) is 1. The van der Waals surface area contributed by atoms with Crippen molar-refractivity contribution < 1.29 is 17.9 Å². The normalized spacial score (nSPS) is 15.7. The summed E-state index contributed by atoms with van der Waals surface area (Å²) in [4.78, 5) is 14.6. The Balaban J connectivity index is 1.52. The summed E-state index contributed by atoms with van der Waals surface area (Å²) < 4.78 is 28.8. The fraction of sp³-hybridized carbons (Fsp3) is 0.350. The molecule has 1 saturated heterocycles. The van der Waals surface area contributed by atoms with E-state index >= 15 is 0 Å². The second-order valence-electron chi connectivity index (χ2n) is 6.66. The molecule has 0 radical (unpaired) electrons. The summed E-state index contributed by atoms with van der Waals surface area (Å²) in [6.07, 6.45) is 2.96. The summed E-state index contributed by atoms with van der Waals surface area (Å²) in [7, 11) is -3.25. The van der Waals surface area contributed by atoms with Gasteiger partial charge in [0, 0.05) is 24.9 Å². The molecule has 3 rings (SSSR count). The second kappa shape index (κ2) is 7.91. The molecule has 0 atom stereocenters. The van der Waals surface area contributed by atoms with Gasteiger partial charge in [0.25, 0.3) is 5.91 Å². The molecule has 0 saturated carbocycles. The first-order valence-electron chi connectivity index (χ1n) is 8.71. The molecule has 5 nitrogen and oxygen atoms in total. The third-order valence-corrected chi connectivity index (χ3v) is 5.79. The van der Waals surface area contributed by atoms with Gasteiger partial charge >= 0.3 is 0 Å². The van der Waals surface area contributed by atoms with E-state index in [2.05, 4.69) is 0 Å². The monoisotopic (exact) mass is 373 g/mol. The fourth-order valence-corrected chi connectivity index (χ4v) is 3.69. The number of sulfone groups is 1. The van der Waals surface area contributed by atoms with Gasteiger partial charge in [0.15, 0.2) is 9.84 Å². The Bertz CT molecular complexity index is 839. The SMILES string of the molecule is CS(=O)(=O)c1ccc(C(=O)N2CCC(COc3ccccc3)CC2)cc1. The maximum Gasteiger partial charge on any atom is 0.253 e. The van der Waals surface area contributed by atoms with Crippen LogP contribution in [-0.2, 0) is 9.84 Å². The number of hydrogen-bond donors (Lipinski definition) is 0. The van der Waals surface area contributed by atoms with Gasteiger partial charge < -0.3 is 9.64 Å². The molecular formula is C20H23NO4S. The van der Waals surface area contributed by atoms with Crippen LogP contribution < -0.4 is 4.74 Å². The Morgan fingerprint density at radius 1 is 1.04 bits per heavy atom. The third-order valence-electron chi connectivity index (χ3n) is 4.66. The van der Waals surface area contributed by atoms with E-state index in [1.54, 1.807) is 12.1 Å². The van der Waals surface area contributed by atoms with Gasteiger partial charge in [0.05, 0.1) is 11.5 Å². The number of piperidine rings is 1. The molecule has 0 bridgehead atoms. The Kier molecular flexibility index (Phi) is 5.61. The minimum absolute atomic E-state index is 0.0486. The fourth-order valence-electron chi connectivity index (χ4n) is 3.06. The number of nitrogens with zero attached hydrogens (tertiary/aromatic N) is 1. The molecule has 1 aliphatic rings. The number of carbonyl (C=O) groups is 1. The highest BCUT2D eigenvalue weighted by Gasteiger charge is 2.24. The summed E-state index contributed by atoms with van der Waals surface area (Å²) in [5.74, 6) is 1.26. The van der Waals surface area contributed by atoms with Crippen molar-refractivity contribution in [3.8, 4) is 5.75 Å². The van der Waals surface area contributed by atoms with Crippen molar-refractivity contribution in [3.05, 3.63) is 60.2 Å². The number of rotatable bonds is 5. The van der Waals surface area contributed by atoms with Gasteiger partial charge in [-0.3, -0.25) is 4.79 Å². The number of benzene rings is 2. The lowest BCUT2D eigenvalue weighted by Crippen LogP contribution is -2.39. The lowest BCUT2D eigenvalue weighted by Gasteiger charge is -2.32. The number of para-hydroxylation sites is 1. The van der Waals surface area contributed by atoms with Crippen LogP contribution in [0.5, 0.6) is 5.75 Å². The lowest BCUT2D eigenvalue weighted by atomic mass is 9.97. The van der Waals surface area contributed by atoms with Crippen molar-refractivity contribution in [1.29, 1.82) is 0 Å². The summed E-state index contributed by atoms with van der Waals surface area (Å²) in [6, 6.07) is 15.9. The predicted molar refractivity (Wildman–Crippen MR) is 100 cm³/mol. The zero-order chi connectivity index (χ0) is 18.6. The average Bonchev–Trinajstić information content (AvgIpc) is 2.66. The quantitative estimate of drug-likeness (QED) is 0.808. The van der Waals surface area contributed by atoms with Gasteiger partial charge in [-0.1, -0.05) is 18.2 Å². The zero-order valence-corrected chi connectivity index (χ0v) is 15.6. The number of hydrogen-bond acceptors (Lipinski definition) is 4. The summed E-state index contributed by atoms with van der Waals surface area (Å²) in [5, 5.41) is 0. The molecule has 0 unspecified atom stereocenters. The van der Waals surface area contributed by atoms with Crippen LogP contribution in [0.2, 0.25) is 0 Å². The maximum atomic E-state index is 12.6. The Labute approximate surface area is 154 Å². The van der Waals surface area contributed by atoms with Gasteiger partial charge in [0.1, 0.15) is 5.75 Å². The second-order valence-corrected chi connectivity index (χ2v) is 8.67. The molecule has 1 heterocycles. The van der Waals surface area contributed by atoms with Crippen molar-refractivity contribution in [1.82, 2.24) is 4.90 Å². The molecule has 138 valence electrons. The standard InChI is InChI=1S/C20H23NO4S/c1-26(23,24)19-9-7-17(8-10-19)20(22)21-13-11-16(12-14-21)15-25-18-5-3-2-4-6-18/h2-10,16H,11-15H2,1H3. The molecule has 0 aromatic heterocycles. The summed E-state index contributed by atoms with van der Waals surface area (Å²) >= 11 is 0. The highest BCUT2D eigenvalue weighted by atomic mass is 32.2. The topological polar surface area (TPSA) is 63.7 Å². The first-order valence-corrected chi connectivity index (χ1v) is 10.6. The zero-order valence-electron chi connectivity index (χ0n) is 14.8. The molecule has 0 aliphatic carbocycles. The summed E-state index contributed by atoms with van der Waals surface area (Å²) in [6.45, 7) is 2.04. The van der Waals surface area contributed by atoms with Crippen LogP contribution in [0.25, 0.3) is 0 Å². The first-order chi connectivity index (χ1) is 12.4. The Morgan fingerprint density at radius 2 is 1.65 bits per heavy atom. The first kappa shape index (κ1) is 18.5. The van der Waals surface area contributed by atoms with Gasteiger partial charge in [-0.05, 0) is 55.2 Å². The van der Waals surface area contributed by atoms with E-state index in [9.17, 15) is 13.2 Å². The van der Waals surface area contributed by atoms with Gasteiger partial charge in [-0.2, -0.15) is 0 Å². The van der Waals surface area contributed by atoms with E-state index in [4.69, 9.17) is 4.74 Å². The maximum absolute atomic E-state index is 12.6. The van der Waals surface area contributed by atoms with Crippen molar-refractivity contribution in [2.75, 3.05) is 26.0 Å². The Morgan fingerprint density at radius 3 is 2.23 bits per heavy atom. The van der Waals surface area contributed by atoms with E-state index in [0.29, 0.717) is 31.2 Å². The molecule has 1 amide bonds. The third kappa shape index (κ3) is 4.64.